The number of rotatable bonds is 2. The summed E-state index contributed by atoms with van der Waals surface area (Å²) in [6.07, 6.45) is 0.976. The van der Waals surface area contributed by atoms with Crippen LogP contribution in [0.5, 0.6) is 5.75 Å². The number of ether oxygens (including phenoxy) is 1. The van der Waals surface area contributed by atoms with Gasteiger partial charge < -0.3 is 9.64 Å². The van der Waals surface area contributed by atoms with E-state index < -0.39 is 0 Å². The van der Waals surface area contributed by atoms with Gasteiger partial charge in [0.25, 0.3) is 5.91 Å². The molecule has 128 valence electrons. The van der Waals surface area contributed by atoms with E-state index in [1.54, 1.807) is 13.2 Å². The first-order chi connectivity index (χ1) is 10.7. The van der Waals surface area contributed by atoms with E-state index in [4.69, 9.17) is 16.3 Å². The molecule has 23 heavy (non-hydrogen) atoms. The molecule has 1 fully saturated rings. The Morgan fingerprint density at radius 2 is 1.91 bits per heavy atom. The zero-order chi connectivity index (χ0) is 17.2. The molecule has 1 aromatic rings. The minimum absolute atomic E-state index is 0.00379. The monoisotopic (exact) mass is 450 g/mol. The van der Waals surface area contributed by atoms with Crippen molar-refractivity contribution in [3.63, 3.8) is 0 Å². The van der Waals surface area contributed by atoms with Gasteiger partial charge in [0.1, 0.15) is 5.75 Å². The van der Waals surface area contributed by atoms with Crippen LogP contribution in [0.3, 0.4) is 0 Å². The fraction of sp³-hybridized carbons (Fsp3) is 0.588. The highest BCUT2D eigenvalue weighted by atomic mass is 127. The van der Waals surface area contributed by atoms with Gasteiger partial charge in [-0.05, 0) is 61.9 Å². The van der Waals surface area contributed by atoms with Crippen LogP contribution in [0.1, 0.15) is 37.6 Å². The Balaban J connectivity index is 2.19. The molecule has 0 radical (unpaired) electrons. The zero-order valence-corrected chi connectivity index (χ0v) is 17.1. The molecule has 1 aromatic carbocycles. The van der Waals surface area contributed by atoms with Crippen molar-refractivity contribution in [2.75, 3.05) is 33.3 Å². The summed E-state index contributed by atoms with van der Waals surface area (Å²) in [6, 6.07) is 3.53. The lowest BCUT2D eigenvalue weighted by molar-refractivity contribution is 0.0746. The van der Waals surface area contributed by atoms with E-state index in [-0.39, 0.29) is 11.4 Å². The fourth-order valence-corrected chi connectivity index (χ4v) is 3.43. The van der Waals surface area contributed by atoms with E-state index >= 15 is 0 Å². The van der Waals surface area contributed by atoms with Crippen LogP contribution < -0.4 is 4.74 Å². The van der Waals surface area contributed by atoms with Gasteiger partial charge in [0.2, 0.25) is 0 Å². The van der Waals surface area contributed by atoms with Crippen molar-refractivity contribution in [2.24, 2.45) is 0 Å². The SMILES string of the molecule is COc1cc(I)c(Cl)cc1C(=O)N1CCCN(C(C)(C)C)CC1. The molecule has 0 saturated carbocycles. The second-order valence-electron chi connectivity index (χ2n) is 6.77. The smallest absolute Gasteiger partial charge is 0.257 e. The van der Waals surface area contributed by atoms with Crippen LogP contribution in [-0.4, -0.2) is 54.5 Å². The number of carbonyl (C=O) groups is 1. The number of hydrogen-bond donors (Lipinski definition) is 0. The lowest BCUT2D eigenvalue weighted by atomic mass is 10.1. The van der Waals surface area contributed by atoms with Crippen LogP contribution in [0, 0.1) is 3.57 Å². The van der Waals surface area contributed by atoms with Crippen molar-refractivity contribution in [1.29, 1.82) is 0 Å². The molecular formula is C17H24ClIN2O2. The van der Waals surface area contributed by atoms with Gasteiger partial charge in [-0.1, -0.05) is 11.6 Å². The summed E-state index contributed by atoms with van der Waals surface area (Å²) in [4.78, 5) is 17.3. The first kappa shape index (κ1) is 18.8. The van der Waals surface area contributed by atoms with Crippen molar-refractivity contribution >= 4 is 40.1 Å². The molecule has 0 unspecified atom stereocenters. The lowest BCUT2D eigenvalue weighted by Crippen LogP contribution is -2.44. The summed E-state index contributed by atoms with van der Waals surface area (Å²) in [5.74, 6) is 0.580. The van der Waals surface area contributed by atoms with Crippen molar-refractivity contribution in [1.82, 2.24) is 9.80 Å². The molecule has 0 spiro atoms. The van der Waals surface area contributed by atoms with Gasteiger partial charge in [0.05, 0.1) is 17.7 Å². The fourth-order valence-electron chi connectivity index (χ4n) is 2.83. The number of benzene rings is 1. The number of hydrogen-bond acceptors (Lipinski definition) is 3. The minimum atomic E-state index is -0.00379. The van der Waals surface area contributed by atoms with Gasteiger partial charge in [-0.2, -0.15) is 0 Å². The summed E-state index contributed by atoms with van der Waals surface area (Å²) in [5, 5.41) is 0.584. The van der Waals surface area contributed by atoms with Crippen molar-refractivity contribution < 1.29 is 9.53 Å². The van der Waals surface area contributed by atoms with Crippen LogP contribution in [-0.2, 0) is 0 Å². The standard InChI is InChI=1S/C17H24ClIN2O2/c1-17(2,3)21-7-5-6-20(8-9-21)16(22)12-10-13(18)14(19)11-15(12)23-4/h10-11H,5-9H2,1-4H3. The second-order valence-corrected chi connectivity index (χ2v) is 8.34. The largest absolute Gasteiger partial charge is 0.496 e. The van der Waals surface area contributed by atoms with Crippen LogP contribution in [0.15, 0.2) is 12.1 Å². The van der Waals surface area contributed by atoms with Crippen molar-refractivity contribution in [3.8, 4) is 5.75 Å². The highest BCUT2D eigenvalue weighted by Crippen LogP contribution is 2.29. The van der Waals surface area contributed by atoms with E-state index in [1.807, 2.05) is 11.0 Å². The van der Waals surface area contributed by atoms with Gasteiger partial charge in [0.15, 0.2) is 0 Å². The lowest BCUT2D eigenvalue weighted by Gasteiger charge is -2.34. The van der Waals surface area contributed by atoms with E-state index in [1.165, 1.54) is 0 Å². The predicted molar refractivity (Wildman–Crippen MR) is 103 cm³/mol. The third-order valence-electron chi connectivity index (χ3n) is 4.20. The maximum Gasteiger partial charge on any atom is 0.257 e. The molecule has 0 N–H and O–H groups in total. The Morgan fingerprint density at radius 3 is 2.52 bits per heavy atom. The van der Waals surface area contributed by atoms with Gasteiger partial charge in [0, 0.05) is 35.3 Å². The summed E-state index contributed by atoms with van der Waals surface area (Å²) in [6.45, 7) is 10.0. The van der Waals surface area contributed by atoms with E-state index in [0.29, 0.717) is 16.3 Å². The van der Waals surface area contributed by atoms with Gasteiger partial charge in [-0.3, -0.25) is 9.69 Å². The Hall–Kier alpha value is -0.530. The molecule has 1 saturated heterocycles. The van der Waals surface area contributed by atoms with Gasteiger partial charge >= 0.3 is 0 Å². The van der Waals surface area contributed by atoms with Gasteiger partial charge in [-0.15, -0.1) is 0 Å². The Bertz CT molecular complexity index is 587. The number of nitrogens with zero attached hydrogens (tertiary/aromatic N) is 2. The summed E-state index contributed by atoms with van der Waals surface area (Å²) in [7, 11) is 1.58. The third-order valence-corrected chi connectivity index (χ3v) is 5.73. The topological polar surface area (TPSA) is 32.8 Å². The van der Waals surface area contributed by atoms with Crippen molar-refractivity contribution in [2.45, 2.75) is 32.7 Å². The summed E-state index contributed by atoms with van der Waals surface area (Å²) in [5.41, 5.74) is 0.672. The van der Waals surface area contributed by atoms with Crippen LogP contribution in [0.2, 0.25) is 5.02 Å². The molecule has 4 nitrogen and oxygen atoms in total. The predicted octanol–water partition coefficient (Wildman–Crippen LogP) is 3.90. The Labute approximate surface area is 157 Å². The maximum atomic E-state index is 12.9. The molecule has 0 aliphatic carbocycles. The quantitative estimate of drug-likeness (QED) is 0.641. The average Bonchev–Trinajstić information content (AvgIpc) is 2.74. The van der Waals surface area contributed by atoms with Crippen LogP contribution in [0.25, 0.3) is 0 Å². The van der Waals surface area contributed by atoms with Gasteiger partial charge in [-0.25, -0.2) is 0 Å². The molecule has 0 bridgehead atoms. The number of carbonyl (C=O) groups excluding carboxylic acids is 1. The molecule has 1 heterocycles. The first-order valence-electron chi connectivity index (χ1n) is 7.81. The molecule has 1 aliphatic rings. The molecular weight excluding hydrogens is 427 g/mol. The normalized spacial score (nSPS) is 17.0. The van der Waals surface area contributed by atoms with E-state index in [9.17, 15) is 4.79 Å². The Kier molecular flexibility index (Phi) is 6.19. The first-order valence-corrected chi connectivity index (χ1v) is 9.27. The molecule has 1 aliphatic heterocycles. The van der Waals surface area contributed by atoms with Crippen LogP contribution in [0.4, 0.5) is 0 Å². The van der Waals surface area contributed by atoms with Crippen molar-refractivity contribution in [3.05, 3.63) is 26.3 Å². The number of methoxy groups -OCH3 is 1. The highest BCUT2D eigenvalue weighted by molar-refractivity contribution is 14.1. The molecule has 6 heteroatoms. The second kappa shape index (κ2) is 7.57. The molecule has 1 amide bonds. The number of amides is 1. The van der Waals surface area contributed by atoms with E-state index in [2.05, 4.69) is 48.3 Å². The average molecular weight is 451 g/mol. The molecule has 0 aromatic heterocycles. The third kappa shape index (κ3) is 4.51. The molecule has 2 rings (SSSR count). The minimum Gasteiger partial charge on any atom is -0.496 e. The highest BCUT2D eigenvalue weighted by Gasteiger charge is 2.27. The van der Waals surface area contributed by atoms with Crippen LogP contribution >= 0.6 is 34.2 Å². The Morgan fingerprint density at radius 1 is 1.22 bits per heavy atom. The summed E-state index contributed by atoms with van der Waals surface area (Å²) < 4.78 is 6.26. The number of halogens is 2. The maximum absolute atomic E-state index is 12.9. The summed E-state index contributed by atoms with van der Waals surface area (Å²) >= 11 is 8.34. The molecule has 0 atom stereocenters. The zero-order valence-electron chi connectivity index (χ0n) is 14.2. The van der Waals surface area contributed by atoms with E-state index in [0.717, 1.165) is 36.2 Å².